The van der Waals surface area contributed by atoms with Gasteiger partial charge in [0.15, 0.2) is 5.82 Å². The molecule has 1 aliphatic heterocycles. The minimum atomic E-state index is -0.183. The highest BCUT2D eigenvalue weighted by molar-refractivity contribution is 5.37. The van der Waals surface area contributed by atoms with Gasteiger partial charge in [0.05, 0.1) is 19.3 Å². The first kappa shape index (κ1) is 10.1. The van der Waals surface area contributed by atoms with E-state index < -0.39 is 0 Å². The molecule has 1 aromatic rings. The number of nitrogens with zero attached hydrogens (tertiary/aromatic N) is 2. The largest absolute Gasteiger partial charge is 0.377 e. The Hall–Kier alpha value is -1.40. The van der Waals surface area contributed by atoms with Crippen LogP contribution in [0.3, 0.4) is 0 Å². The third kappa shape index (κ3) is 2.00. The van der Waals surface area contributed by atoms with Crippen molar-refractivity contribution < 1.29 is 4.74 Å². The van der Waals surface area contributed by atoms with Gasteiger partial charge >= 0.3 is 0 Å². The summed E-state index contributed by atoms with van der Waals surface area (Å²) in [7, 11) is 0. The average molecular weight is 210 g/mol. The highest BCUT2D eigenvalue weighted by Gasteiger charge is 2.24. The quantitative estimate of drug-likeness (QED) is 0.649. The van der Waals surface area contributed by atoms with Crippen LogP contribution in [0.5, 0.6) is 0 Å². The number of nitrogens with two attached hydrogens (primary N) is 1. The van der Waals surface area contributed by atoms with Crippen molar-refractivity contribution in [2.45, 2.75) is 6.04 Å². The number of rotatable bonds is 2. The molecule has 1 unspecified atom stereocenters. The Labute approximate surface area is 87.1 Å². The van der Waals surface area contributed by atoms with Crippen LogP contribution in [0.4, 0.5) is 5.82 Å². The van der Waals surface area contributed by atoms with Gasteiger partial charge in [-0.2, -0.15) is 0 Å². The molecule has 2 rings (SSSR count). The van der Waals surface area contributed by atoms with Crippen molar-refractivity contribution in [2.75, 3.05) is 31.2 Å². The highest BCUT2D eigenvalue weighted by Crippen LogP contribution is 2.11. The molecule has 1 atom stereocenters. The molecule has 3 N–H and O–H groups in total. The van der Waals surface area contributed by atoms with E-state index in [1.165, 1.54) is 6.20 Å². The Morgan fingerprint density at radius 2 is 2.60 bits per heavy atom. The van der Waals surface area contributed by atoms with Crippen LogP contribution >= 0.6 is 0 Å². The molecule has 15 heavy (non-hydrogen) atoms. The van der Waals surface area contributed by atoms with Crippen LogP contribution < -0.4 is 16.2 Å². The van der Waals surface area contributed by atoms with E-state index in [0.717, 1.165) is 0 Å². The Bertz CT molecular complexity index is 378. The van der Waals surface area contributed by atoms with Gasteiger partial charge in [-0.1, -0.05) is 0 Å². The van der Waals surface area contributed by atoms with Crippen molar-refractivity contribution in [2.24, 2.45) is 5.73 Å². The highest BCUT2D eigenvalue weighted by atomic mass is 16.5. The summed E-state index contributed by atoms with van der Waals surface area (Å²) in [6.07, 6.45) is 3.09. The van der Waals surface area contributed by atoms with Crippen LogP contribution in [0, 0.1) is 0 Å². The fourth-order valence-corrected chi connectivity index (χ4v) is 1.68. The zero-order valence-electron chi connectivity index (χ0n) is 8.35. The minimum Gasteiger partial charge on any atom is -0.377 e. The van der Waals surface area contributed by atoms with Gasteiger partial charge in [-0.3, -0.25) is 4.79 Å². The number of H-pyrrole nitrogens is 1. The number of aromatic amines is 1. The van der Waals surface area contributed by atoms with Crippen molar-refractivity contribution in [3.8, 4) is 0 Å². The van der Waals surface area contributed by atoms with E-state index in [-0.39, 0.29) is 11.6 Å². The van der Waals surface area contributed by atoms with E-state index in [4.69, 9.17) is 10.5 Å². The summed E-state index contributed by atoms with van der Waals surface area (Å²) in [5.74, 6) is 0.427. The van der Waals surface area contributed by atoms with Crippen molar-refractivity contribution in [1.29, 1.82) is 0 Å². The molecule has 0 saturated carbocycles. The van der Waals surface area contributed by atoms with Crippen LogP contribution in [0.2, 0.25) is 0 Å². The Morgan fingerprint density at radius 3 is 3.33 bits per heavy atom. The first-order valence-corrected chi connectivity index (χ1v) is 4.91. The summed E-state index contributed by atoms with van der Waals surface area (Å²) in [6.45, 7) is 2.26. The minimum absolute atomic E-state index is 0.0368. The zero-order chi connectivity index (χ0) is 10.7. The van der Waals surface area contributed by atoms with Gasteiger partial charge in [0.1, 0.15) is 0 Å². The molecule has 0 amide bonds. The molecule has 1 fully saturated rings. The summed E-state index contributed by atoms with van der Waals surface area (Å²) in [5.41, 5.74) is 5.44. The van der Waals surface area contributed by atoms with E-state index in [0.29, 0.717) is 32.1 Å². The predicted octanol–water partition coefficient (Wildman–Crippen LogP) is -1.07. The number of morpholine rings is 1. The Balaban J connectivity index is 2.28. The first-order chi connectivity index (χ1) is 7.33. The summed E-state index contributed by atoms with van der Waals surface area (Å²) in [4.78, 5) is 20.1. The second-order valence-corrected chi connectivity index (χ2v) is 3.40. The van der Waals surface area contributed by atoms with Gasteiger partial charge in [0.2, 0.25) is 0 Å². The maximum atomic E-state index is 11.5. The molecule has 0 bridgehead atoms. The van der Waals surface area contributed by atoms with Crippen molar-refractivity contribution >= 4 is 5.82 Å². The fourth-order valence-electron chi connectivity index (χ4n) is 1.68. The van der Waals surface area contributed by atoms with E-state index in [1.807, 2.05) is 4.90 Å². The van der Waals surface area contributed by atoms with Gasteiger partial charge < -0.3 is 20.4 Å². The molecule has 0 radical (unpaired) electrons. The van der Waals surface area contributed by atoms with Crippen LogP contribution in [0.1, 0.15) is 0 Å². The Morgan fingerprint density at radius 1 is 1.73 bits per heavy atom. The van der Waals surface area contributed by atoms with Gasteiger partial charge in [-0.25, -0.2) is 4.98 Å². The lowest BCUT2D eigenvalue weighted by molar-refractivity contribution is 0.0957. The van der Waals surface area contributed by atoms with Crippen molar-refractivity contribution in [1.82, 2.24) is 9.97 Å². The summed E-state index contributed by atoms with van der Waals surface area (Å²) < 4.78 is 5.30. The predicted molar refractivity (Wildman–Crippen MR) is 55.9 cm³/mol. The SMILES string of the molecule is NCC1COCCN1c1ncc[nH]c1=O. The van der Waals surface area contributed by atoms with Gasteiger partial charge in [-0.05, 0) is 0 Å². The van der Waals surface area contributed by atoms with Crippen LogP contribution in [0.25, 0.3) is 0 Å². The first-order valence-electron chi connectivity index (χ1n) is 4.91. The normalized spacial score (nSPS) is 21.7. The van der Waals surface area contributed by atoms with Crippen LogP contribution in [0.15, 0.2) is 17.2 Å². The molecular formula is C9H14N4O2. The topological polar surface area (TPSA) is 84.2 Å². The maximum Gasteiger partial charge on any atom is 0.290 e. The average Bonchev–Trinajstić information content (AvgIpc) is 2.30. The van der Waals surface area contributed by atoms with E-state index in [2.05, 4.69) is 9.97 Å². The lowest BCUT2D eigenvalue weighted by atomic mass is 10.2. The van der Waals surface area contributed by atoms with Gasteiger partial charge in [0, 0.05) is 25.5 Å². The molecule has 1 aliphatic rings. The number of ether oxygens (including phenoxy) is 1. The second-order valence-electron chi connectivity index (χ2n) is 3.40. The second kappa shape index (κ2) is 4.41. The van der Waals surface area contributed by atoms with Crippen molar-refractivity contribution in [3.63, 3.8) is 0 Å². The van der Waals surface area contributed by atoms with Gasteiger partial charge in [0.25, 0.3) is 5.56 Å². The maximum absolute atomic E-state index is 11.5. The molecule has 0 aliphatic carbocycles. The molecular weight excluding hydrogens is 196 g/mol. The number of anilines is 1. The summed E-state index contributed by atoms with van der Waals surface area (Å²) in [5, 5.41) is 0. The zero-order valence-corrected chi connectivity index (χ0v) is 8.35. The number of aromatic nitrogens is 2. The molecule has 0 aromatic carbocycles. The summed E-state index contributed by atoms with van der Waals surface area (Å²) >= 11 is 0. The van der Waals surface area contributed by atoms with E-state index in [1.54, 1.807) is 6.20 Å². The Kier molecular flexibility index (Phi) is 2.98. The standard InChI is InChI=1S/C9H14N4O2/c10-5-7-6-15-4-3-13(7)8-9(14)12-2-1-11-8/h1-2,7H,3-6,10H2,(H,12,14). The monoisotopic (exact) mass is 210 g/mol. The molecule has 0 spiro atoms. The molecule has 2 heterocycles. The smallest absolute Gasteiger partial charge is 0.290 e. The number of hydrogen-bond acceptors (Lipinski definition) is 5. The molecule has 1 saturated heterocycles. The fraction of sp³-hybridized carbons (Fsp3) is 0.556. The van der Waals surface area contributed by atoms with E-state index >= 15 is 0 Å². The molecule has 1 aromatic heterocycles. The molecule has 6 heteroatoms. The van der Waals surface area contributed by atoms with E-state index in [9.17, 15) is 4.79 Å². The lowest BCUT2D eigenvalue weighted by Gasteiger charge is -2.34. The van der Waals surface area contributed by atoms with Crippen molar-refractivity contribution in [3.05, 3.63) is 22.7 Å². The third-order valence-electron chi connectivity index (χ3n) is 2.46. The number of nitrogens with one attached hydrogen (secondary N) is 1. The van der Waals surface area contributed by atoms with Crippen LogP contribution in [-0.4, -0.2) is 42.3 Å². The third-order valence-corrected chi connectivity index (χ3v) is 2.46. The van der Waals surface area contributed by atoms with Crippen LogP contribution in [-0.2, 0) is 4.74 Å². The number of hydrogen-bond donors (Lipinski definition) is 2. The van der Waals surface area contributed by atoms with Gasteiger partial charge in [-0.15, -0.1) is 0 Å². The lowest BCUT2D eigenvalue weighted by Crippen LogP contribution is -2.51. The molecule has 82 valence electrons. The molecule has 6 nitrogen and oxygen atoms in total. The summed E-state index contributed by atoms with van der Waals surface area (Å²) in [6, 6.07) is 0.0368.